The summed E-state index contributed by atoms with van der Waals surface area (Å²) < 4.78 is 1.13. The summed E-state index contributed by atoms with van der Waals surface area (Å²) in [5, 5.41) is 0. The Labute approximate surface area is 114 Å². The molecule has 3 N–H and O–H groups in total. The number of aryl methyl sites for hydroxylation is 1. The number of nitrogens with zero attached hydrogens (tertiary/aromatic N) is 1. The normalized spacial score (nSPS) is 12.0. The molecule has 2 aromatic rings. The minimum Gasteiger partial charge on any atom is -0.341 e. The van der Waals surface area contributed by atoms with E-state index < -0.39 is 0 Å². The van der Waals surface area contributed by atoms with Gasteiger partial charge in [0.1, 0.15) is 5.82 Å². The van der Waals surface area contributed by atoms with Gasteiger partial charge < -0.3 is 10.7 Å². The number of rotatable bonds is 4. The molecule has 0 atom stereocenters. The molecule has 0 aliphatic carbocycles. The van der Waals surface area contributed by atoms with E-state index in [9.17, 15) is 0 Å². The number of nitrogens with one attached hydrogen (secondary N) is 1. The Balaban J connectivity index is 2.06. The standard InChI is InChI=1S/C12H16BrN3S/c1-12(2,14)6-5-11-15-7-8(16-11)9-3-4-10(13)17-9/h3-4,7H,5-6,14H2,1-2H3,(H,15,16). The maximum atomic E-state index is 5.96. The number of imidazole rings is 1. The van der Waals surface area contributed by atoms with Gasteiger partial charge in [0, 0.05) is 12.0 Å². The van der Waals surface area contributed by atoms with E-state index in [0.29, 0.717) is 0 Å². The average molecular weight is 314 g/mol. The van der Waals surface area contributed by atoms with Crippen LogP contribution in [0.25, 0.3) is 10.6 Å². The molecule has 92 valence electrons. The van der Waals surface area contributed by atoms with Crippen LogP contribution in [0.15, 0.2) is 22.1 Å². The zero-order valence-electron chi connectivity index (χ0n) is 9.96. The quantitative estimate of drug-likeness (QED) is 0.906. The first-order valence-corrected chi connectivity index (χ1v) is 7.13. The van der Waals surface area contributed by atoms with Crippen molar-refractivity contribution in [2.24, 2.45) is 5.73 Å². The number of aromatic amines is 1. The summed E-state index contributed by atoms with van der Waals surface area (Å²) in [6.45, 7) is 4.07. The molecule has 0 fully saturated rings. The van der Waals surface area contributed by atoms with Crippen LogP contribution in [0, 0.1) is 0 Å². The van der Waals surface area contributed by atoms with Crippen LogP contribution in [-0.4, -0.2) is 15.5 Å². The van der Waals surface area contributed by atoms with E-state index in [1.807, 2.05) is 26.1 Å². The maximum absolute atomic E-state index is 5.96. The van der Waals surface area contributed by atoms with Gasteiger partial charge >= 0.3 is 0 Å². The van der Waals surface area contributed by atoms with Gasteiger partial charge in [-0.2, -0.15) is 0 Å². The Morgan fingerprint density at radius 1 is 1.47 bits per heavy atom. The van der Waals surface area contributed by atoms with Crippen LogP contribution in [-0.2, 0) is 6.42 Å². The third-order valence-electron chi connectivity index (χ3n) is 2.47. The predicted octanol–water partition coefficient (Wildman–Crippen LogP) is 3.57. The molecule has 2 rings (SSSR count). The van der Waals surface area contributed by atoms with Crippen molar-refractivity contribution in [3.63, 3.8) is 0 Å². The first-order valence-electron chi connectivity index (χ1n) is 5.52. The molecule has 5 heteroatoms. The summed E-state index contributed by atoms with van der Waals surface area (Å²) in [7, 11) is 0. The fraction of sp³-hybridized carbons (Fsp3) is 0.417. The second-order valence-corrected chi connectivity index (χ2v) is 7.30. The van der Waals surface area contributed by atoms with E-state index in [1.54, 1.807) is 11.3 Å². The van der Waals surface area contributed by atoms with Crippen molar-refractivity contribution < 1.29 is 0 Å². The second kappa shape index (κ2) is 4.92. The molecular formula is C12H16BrN3S. The molecule has 0 aromatic carbocycles. The SMILES string of the molecule is CC(C)(N)CCc1ncc(-c2ccc(Br)s2)[nH]1. The summed E-state index contributed by atoms with van der Waals surface area (Å²) >= 11 is 5.16. The molecule has 0 saturated heterocycles. The zero-order chi connectivity index (χ0) is 12.5. The fourth-order valence-electron chi connectivity index (χ4n) is 1.51. The van der Waals surface area contributed by atoms with E-state index >= 15 is 0 Å². The maximum Gasteiger partial charge on any atom is 0.106 e. The van der Waals surface area contributed by atoms with E-state index in [1.165, 1.54) is 4.88 Å². The number of halogens is 1. The number of hydrogen-bond acceptors (Lipinski definition) is 3. The van der Waals surface area contributed by atoms with E-state index in [4.69, 9.17) is 5.73 Å². The van der Waals surface area contributed by atoms with Crippen LogP contribution >= 0.6 is 27.3 Å². The van der Waals surface area contributed by atoms with Crippen molar-refractivity contribution in [3.8, 4) is 10.6 Å². The van der Waals surface area contributed by atoms with Gasteiger partial charge in [0.2, 0.25) is 0 Å². The third-order valence-corrected chi connectivity index (χ3v) is 4.13. The number of aromatic nitrogens is 2. The third kappa shape index (κ3) is 3.66. The summed E-state index contributed by atoms with van der Waals surface area (Å²) in [6.07, 6.45) is 3.70. The molecule has 2 aromatic heterocycles. The monoisotopic (exact) mass is 313 g/mol. The molecule has 0 amide bonds. The highest BCUT2D eigenvalue weighted by Crippen LogP contribution is 2.30. The lowest BCUT2D eigenvalue weighted by atomic mass is 10.0. The lowest BCUT2D eigenvalue weighted by Crippen LogP contribution is -2.32. The van der Waals surface area contributed by atoms with E-state index in [-0.39, 0.29) is 5.54 Å². The van der Waals surface area contributed by atoms with Crippen LogP contribution < -0.4 is 5.73 Å². The molecule has 0 saturated carbocycles. The molecule has 0 aliphatic heterocycles. The molecule has 2 heterocycles. The topological polar surface area (TPSA) is 54.7 Å². The zero-order valence-corrected chi connectivity index (χ0v) is 12.4. The average Bonchev–Trinajstić information content (AvgIpc) is 2.81. The van der Waals surface area contributed by atoms with E-state index in [0.717, 1.165) is 28.1 Å². The van der Waals surface area contributed by atoms with Gasteiger partial charge in [0.05, 0.1) is 20.6 Å². The molecule has 0 unspecified atom stereocenters. The van der Waals surface area contributed by atoms with Crippen LogP contribution in [0.4, 0.5) is 0 Å². The minimum atomic E-state index is -0.140. The van der Waals surface area contributed by atoms with Crippen molar-refractivity contribution in [2.75, 3.05) is 0 Å². The molecular weight excluding hydrogens is 298 g/mol. The number of H-pyrrole nitrogens is 1. The van der Waals surface area contributed by atoms with Crippen molar-refractivity contribution in [1.82, 2.24) is 9.97 Å². The Morgan fingerprint density at radius 2 is 2.24 bits per heavy atom. The van der Waals surface area contributed by atoms with Gasteiger partial charge in [-0.25, -0.2) is 4.98 Å². The number of nitrogens with two attached hydrogens (primary N) is 1. The van der Waals surface area contributed by atoms with E-state index in [2.05, 4.69) is 32.0 Å². The molecule has 0 spiro atoms. The summed E-state index contributed by atoms with van der Waals surface area (Å²) in [5.74, 6) is 1.00. The van der Waals surface area contributed by atoms with Crippen molar-refractivity contribution in [2.45, 2.75) is 32.2 Å². The Hall–Kier alpha value is -0.650. The molecule has 0 aliphatic rings. The molecule has 0 radical (unpaired) electrons. The second-order valence-electron chi connectivity index (χ2n) is 4.84. The number of hydrogen-bond donors (Lipinski definition) is 2. The molecule has 17 heavy (non-hydrogen) atoms. The predicted molar refractivity (Wildman–Crippen MR) is 76.2 cm³/mol. The summed E-state index contributed by atoms with van der Waals surface area (Å²) in [4.78, 5) is 8.92. The highest BCUT2D eigenvalue weighted by Gasteiger charge is 2.12. The Morgan fingerprint density at radius 3 is 2.82 bits per heavy atom. The Kier molecular flexibility index (Phi) is 3.70. The fourth-order valence-corrected chi connectivity index (χ4v) is 2.87. The number of thiophene rings is 1. The van der Waals surface area contributed by atoms with Crippen LogP contribution in [0.5, 0.6) is 0 Å². The first kappa shape index (κ1) is 12.8. The van der Waals surface area contributed by atoms with Gasteiger partial charge in [-0.15, -0.1) is 11.3 Å². The lowest BCUT2D eigenvalue weighted by molar-refractivity contribution is 0.472. The molecule has 3 nitrogen and oxygen atoms in total. The van der Waals surface area contributed by atoms with Crippen molar-refractivity contribution >= 4 is 27.3 Å². The van der Waals surface area contributed by atoms with Crippen molar-refractivity contribution in [1.29, 1.82) is 0 Å². The van der Waals surface area contributed by atoms with Crippen molar-refractivity contribution in [3.05, 3.63) is 27.9 Å². The summed E-state index contributed by atoms with van der Waals surface area (Å²) in [5.41, 5.74) is 6.89. The first-order chi connectivity index (χ1) is 7.94. The Bertz CT molecular complexity index is 496. The smallest absolute Gasteiger partial charge is 0.106 e. The highest BCUT2D eigenvalue weighted by atomic mass is 79.9. The van der Waals surface area contributed by atoms with Crippen LogP contribution in [0.3, 0.4) is 0 Å². The van der Waals surface area contributed by atoms with Gasteiger partial charge in [-0.1, -0.05) is 0 Å². The lowest BCUT2D eigenvalue weighted by Gasteiger charge is -2.16. The highest BCUT2D eigenvalue weighted by molar-refractivity contribution is 9.11. The van der Waals surface area contributed by atoms with Gasteiger partial charge in [0.25, 0.3) is 0 Å². The van der Waals surface area contributed by atoms with Gasteiger partial charge in [-0.3, -0.25) is 0 Å². The van der Waals surface area contributed by atoms with Crippen LogP contribution in [0.1, 0.15) is 26.1 Å². The summed E-state index contributed by atoms with van der Waals surface area (Å²) in [6, 6.07) is 4.13. The van der Waals surface area contributed by atoms with Gasteiger partial charge in [-0.05, 0) is 48.3 Å². The largest absolute Gasteiger partial charge is 0.341 e. The minimum absolute atomic E-state index is 0.140. The van der Waals surface area contributed by atoms with Gasteiger partial charge in [0.15, 0.2) is 0 Å². The van der Waals surface area contributed by atoms with Crippen LogP contribution in [0.2, 0.25) is 0 Å². The molecule has 0 bridgehead atoms.